The number of nitrogens with one attached hydrogen (secondary N) is 1. The van der Waals surface area contributed by atoms with Crippen LogP contribution in [0, 0.1) is 18.6 Å². The molecule has 5 rings (SSSR count). The zero-order valence-corrected chi connectivity index (χ0v) is 25.4. The minimum atomic E-state index is -0.975. The predicted molar refractivity (Wildman–Crippen MR) is 172 cm³/mol. The van der Waals surface area contributed by atoms with Crippen LogP contribution in [-0.4, -0.2) is 38.3 Å². The van der Waals surface area contributed by atoms with Gasteiger partial charge in [0.2, 0.25) is 0 Å². The molecule has 2 N–H and O–H groups in total. The van der Waals surface area contributed by atoms with E-state index in [1.165, 1.54) is 12.1 Å². The number of carboxylic acid groups (broad SMARTS) is 1. The monoisotopic (exact) mass is 613 g/mol. The molecule has 0 unspecified atom stereocenters. The number of halogens is 2. The van der Waals surface area contributed by atoms with Crippen LogP contribution in [0.1, 0.15) is 56.6 Å². The molecular formula is C35H33F2N3O3S. The number of hydrogen-bond acceptors (Lipinski definition) is 4. The average molecular weight is 614 g/mol. The lowest BCUT2D eigenvalue weighted by Crippen LogP contribution is -2.38. The molecule has 0 aliphatic heterocycles. The van der Waals surface area contributed by atoms with Gasteiger partial charge in [-0.1, -0.05) is 49.4 Å². The highest BCUT2D eigenvalue weighted by molar-refractivity contribution is 7.80. The lowest BCUT2D eigenvalue weighted by Gasteiger charge is -2.17. The molecule has 9 heteroatoms. The summed E-state index contributed by atoms with van der Waals surface area (Å²) in [6.07, 6.45) is 1.88. The summed E-state index contributed by atoms with van der Waals surface area (Å²) in [6, 6.07) is 21.2. The van der Waals surface area contributed by atoms with E-state index in [1.54, 1.807) is 24.3 Å². The minimum absolute atomic E-state index is 0.233. The summed E-state index contributed by atoms with van der Waals surface area (Å²) in [5.74, 6) is -1.42. The number of aromatic carboxylic acids is 1. The number of aromatic nitrogens is 2. The molecule has 0 spiro atoms. The lowest BCUT2D eigenvalue weighted by atomic mass is 9.98. The van der Waals surface area contributed by atoms with Gasteiger partial charge in [-0.3, -0.25) is 4.79 Å². The highest BCUT2D eigenvalue weighted by Crippen LogP contribution is 2.27. The molecule has 0 aliphatic carbocycles. The molecule has 1 aromatic heterocycles. The smallest absolute Gasteiger partial charge is 0.336 e. The van der Waals surface area contributed by atoms with Crippen LogP contribution >= 0.6 is 12.6 Å². The predicted octanol–water partition coefficient (Wildman–Crippen LogP) is 7.26. The van der Waals surface area contributed by atoms with Crippen LogP contribution in [0.4, 0.5) is 8.78 Å². The van der Waals surface area contributed by atoms with E-state index in [4.69, 9.17) is 4.98 Å². The SMILES string of the molecule is CCCc1nc2c(C)cc(C(=O)N[C@@H](CS)Cc3cc(F)cc(F)c3)cc2n1Cc1ccc(-c2ccccc2C(=O)O)cc1. The number of benzene rings is 4. The molecule has 0 fully saturated rings. The molecule has 226 valence electrons. The molecule has 44 heavy (non-hydrogen) atoms. The molecule has 0 saturated heterocycles. The van der Waals surface area contributed by atoms with Crippen molar-refractivity contribution in [2.75, 3.05) is 5.75 Å². The Morgan fingerprint density at radius 2 is 1.68 bits per heavy atom. The molecular weight excluding hydrogens is 580 g/mol. The molecule has 0 saturated carbocycles. The van der Waals surface area contributed by atoms with Gasteiger partial charge in [-0.2, -0.15) is 12.6 Å². The number of imidazole rings is 1. The van der Waals surface area contributed by atoms with Gasteiger partial charge in [0.05, 0.1) is 16.6 Å². The molecule has 0 aliphatic rings. The third-order valence-electron chi connectivity index (χ3n) is 7.58. The van der Waals surface area contributed by atoms with Crippen molar-refractivity contribution in [2.45, 2.75) is 45.7 Å². The second-order valence-electron chi connectivity index (χ2n) is 10.9. The normalized spacial score (nSPS) is 11.9. The summed E-state index contributed by atoms with van der Waals surface area (Å²) in [6.45, 7) is 4.53. The Balaban J connectivity index is 1.43. The Kier molecular flexibility index (Phi) is 9.44. The Labute approximate surface area is 260 Å². The fraction of sp³-hybridized carbons (Fsp3) is 0.229. The number of fused-ring (bicyclic) bond motifs is 1. The van der Waals surface area contributed by atoms with E-state index in [1.807, 2.05) is 43.3 Å². The van der Waals surface area contributed by atoms with Crippen molar-refractivity contribution in [3.63, 3.8) is 0 Å². The summed E-state index contributed by atoms with van der Waals surface area (Å²) in [5.41, 5.74) is 6.11. The van der Waals surface area contributed by atoms with E-state index < -0.39 is 23.6 Å². The van der Waals surface area contributed by atoms with E-state index in [0.717, 1.165) is 52.5 Å². The minimum Gasteiger partial charge on any atom is -0.478 e. The van der Waals surface area contributed by atoms with Crippen LogP contribution in [0.15, 0.2) is 78.9 Å². The highest BCUT2D eigenvalue weighted by Gasteiger charge is 2.19. The molecule has 0 radical (unpaired) electrons. The van der Waals surface area contributed by atoms with Crippen molar-refractivity contribution in [1.82, 2.24) is 14.9 Å². The largest absolute Gasteiger partial charge is 0.478 e. The van der Waals surface area contributed by atoms with Gasteiger partial charge < -0.3 is 15.0 Å². The standard InChI is InChI=1S/C35H33F2N3O3S/c1-3-6-32-39-33-21(2)13-25(34(41)38-28(20-44)16-23-14-26(36)18-27(37)15-23)17-31(33)40(32)19-22-9-11-24(12-10-22)29-7-4-5-8-30(29)35(42)43/h4-5,7-15,17-18,28,44H,3,6,16,19-20H2,1-2H3,(H,38,41)(H,42,43)/t28-/m1/s1. The molecule has 4 aromatic carbocycles. The van der Waals surface area contributed by atoms with Crippen LogP contribution in [0.25, 0.3) is 22.2 Å². The number of amides is 1. The zero-order valence-electron chi connectivity index (χ0n) is 24.5. The third kappa shape index (κ3) is 6.83. The maximum absolute atomic E-state index is 13.7. The number of nitrogens with zero attached hydrogens (tertiary/aromatic N) is 2. The third-order valence-corrected chi connectivity index (χ3v) is 8.02. The van der Waals surface area contributed by atoms with Crippen molar-refractivity contribution in [3.8, 4) is 11.1 Å². The summed E-state index contributed by atoms with van der Waals surface area (Å²) in [4.78, 5) is 30.1. The van der Waals surface area contributed by atoms with Gasteiger partial charge in [-0.25, -0.2) is 18.6 Å². The van der Waals surface area contributed by atoms with E-state index in [0.29, 0.717) is 23.2 Å². The number of carboxylic acids is 1. The van der Waals surface area contributed by atoms with Gasteiger partial charge in [-0.05, 0) is 77.9 Å². The zero-order chi connectivity index (χ0) is 31.4. The van der Waals surface area contributed by atoms with Gasteiger partial charge in [-0.15, -0.1) is 0 Å². The Bertz CT molecular complexity index is 1820. The van der Waals surface area contributed by atoms with E-state index in [-0.39, 0.29) is 23.6 Å². The second kappa shape index (κ2) is 13.4. The summed E-state index contributed by atoms with van der Waals surface area (Å²) >= 11 is 4.36. The van der Waals surface area contributed by atoms with Crippen LogP contribution < -0.4 is 5.32 Å². The van der Waals surface area contributed by atoms with E-state index in [9.17, 15) is 23.5 Å². The Hall–Kier alpha value is -4.50. The van der Waals surface area contributed by atoms with Gasteiger partial charge in [0.15, 0.2) is 0 Å². The van der Waals surface area contributed by atoms with Crippen molar-refractivity contribution in [1.29, 1.82) is 0 Å². The van der Waals surface area contributed by atoms with Crippen LogP contribution in [0.5, 0.6) is 0 Å². The first-order valence-corrected chi connectivity index (χ1v) is 15.1. The average Bonchev–Trinajstić information content (AvgIpc) is 3.34. The van der Waals surface area contributed by atoms with Gasteiger partial charge in [0.1, 0.15) is 17.5 Å². The first-order valence-electron chi connectivity index (χ1n) is 14.4. The van der Waals surface area contributed by atoms with Crippen molar-refractivity contribution in [3.05, 3.63) is 124 Å². The molecule has 6 nitrogen and oxygen atoms in total. The lowest BCUT2D eigenvalue weighted by molar-refractivity contribution is 0.0697. The first kappa shape index (κ1) is 30.9. The molecule has 1 amide bonds. The maximum Gasteiger partial charge on any atom is 0.336 e. The number of carbonyl (C=O) groups excluding carboxylic acids is 1. The summed E-state index contributed by atoms with van der Waals surface area (Å²) < 4.78 is 29.6. The number of thiol groups is 1. The quantitative estimate of drug-likeness (QED) is 0.137. The van der Waals surface area contributed by atoms with E-state index >= 15 is 0 Å². The number of carbonyl (C=O) groups is 2. The molecule has 0 bridgehead atoms. The van der Waals surface area contributed by atoms with E-state index in [2.05, 4.69) is 29.4 Å². The van der Waals surface area contributed by atoms with Crippen LogP contribution in [-0.2, 0) is 19.4 Å². The highest BCUT2D eigenvalue weighted by atomic mass is 32.1. The second-order valence-corrected chi connectivity index (χ2v) is 11.3. The van der Waals surface area contributed by atoms with Gasteiger partial charge >= 0.3 is 5.97 Å². The maximum atomic E-state index is 13.7. The van der Waals surface area contributed by atoms with Gasteiger partial charge in [0.25, 0.3) is 5.91 Å². The van der Waals surface area contributed by atoms with Crippen molar-refractivity contribution >= 4 is 35.5 Å². The summed E-state index contributed by atoms with van der Waals surface area (Å²) in [7, 11) is 0. The Morgan fingerprint density at radius 3 is 2.34 bits per heavy atom. The van der Waals surface area contributed by atoms with Crippen molar-refractivity contribution < 1.29 is 23.5 Å². The fourth-order valence-corrected chi connectivity index (χ4v) is 5.72. The molecule has 1 heterocycles. The van der Waals surface area contributed by atoms with Crippen molar-refractivity contribution in [2.24, 2.45) is 0 Å². The number of aryl methyl sites for hydroxylation is 2. The summed E-state index contributed by atoms with van der Waals surface area (Å²) in [5, 5.41) is 12.6. The van der Waals surface area contributed by atoms with Crippen LogP contribution in [0.2, 0.25) is 0 Å². The molecule has 5 aromatic rings. The topological polar surface area (TPSA) is 84.2 Å². The van der Waals surface area contributed by atoms with Crippen LogP contribution in [0.3, 0.4) is 0 Å². The van der Waals surface area contributed by atoms with Gasteiger partial charge in [0, 0.05) is 36.4 Å². The molecule has 1 atom stereocenters. The number of rotatable bonds is 11. The Morgan fingerprint density at radius 1 is 0.977 bits per heavy atom. The first-order chi connectivity index (χ1) is 21.2. The number of hydrogen-bond donors (Lipinski definition) is 3. The fourth-order valence-electron chi connectivity index (χ4n) is 5.50.